The van der Waals surface area contributed by atoms with Crippen molar-refractivity contribution in [1.82, 2.24) is 14.3 Å². The van der Waals surface area contributed by atoms with Crippen LogP contribution in [0.25, 0.3) is 11.1 Å². The van der Waals surface area contributed by atoms with Crippen LogP contribution in [-0.2, 0) is 42.6 Å². The maximum Gasteiger partial charge on any atom is 0.346 e. The third-order valence-electron chi connectivity index (χ3n) is 7.24. The molecule has 210 valence electrons. The van der Waals surface area contributed by atoms with Crippen LogP contribution in [0.1, 0.15) is 62.2 Å². The second-order valence-corrected chi connectivity index (χ2v) is 12.0. The normalized spacial score (nSPS) is 11.6. The van der Waals surface area contributed by atoms with E-state index in [1.165, 1.54) is 11.1 Å². The summed E-state index contributed by atoms with van der Waals surface area (Å²) in [5, 5.41) is 14.0. The minimum Gasteiger partial charge on any atom is -0.481 e. The summed E-state index contributed by atoms with van der Waals surface area (Å²) < 4.78 is 3.36. The fourth-order valence-corrected chi connectivity index (χ4v) is 5.55. The molecule has 0 atom stereocenters. The summed E-state index contributed by atoms with van der Waals surface area (Å²) in [5.74, 6) is 0.00570. The van der Waals surface area contributed by atoms with Crippen LogP contribution < -0.4 is 5.69 Å². The van der Waals surface area contributed by atoms with Crippen molar-refractivity contribution in [3.05, 3.63) is 105 Å². The van der Waals surface area contributed by atoms with Gasteiger partial charge in [0.15, 0.2) is 0 Å². The van der Waals surface area contributed by atoms with Crippen molar-refractivity contribution in [1.29, 1.82) is 0 Å². The predicted molar refractivity (Wildman–Crippen MR) is 163 cm³/mol. The summed E-state index contributed by atoms with van der Waals surface area (Å²) in [4.78, 5) is 25.3. The zero-order valence-corrected chi connectivity index (χ0v) is 24.9. The van der Waals surface area contributed by atoms with E-state index >= 15 is 0 Å². The Bertz CT molecular complexity index is 1510. The highest BCUT2D eigenvalue weighted by molar-refractivity contribution is 7.98. The minimum atomic E-state index is -0.823. The molecule has 1 aromatic heterocycles. The fourth-order valence-electron chi connectivity index (χ4n) is 4.95. The lowest BCUT2D eigenvalue weighted by Crippen LogP contribution is -2.25. The van der Waals surface area contributed by atoms with Crippen molar-refractivity contribution in [3.63, 3.8) is 0 Å². The molecule has 0 aliphatic carbocycles. The molecule has 0 bridgehead atoms. The van der Waals surface area contributed by atoms with E-state index in [-0.39, 0.29) is 17.5 Å². The van der Waals surface area contributed by atoms with Crippen molar-refractivity contribution >= 4 is 17.7 Å². The van der Waals surface area contributed by atoms with Gasteiger partial charge in [0.1, 0.15) is 5.82 Å². The summed E-state index contributed by atoms with van der Waals surface area (Å²) in [6, 6.07) is 22.9. The van der Waals surface area contributed by atoms with E-state index in [1.807, 2.05) is 31.4 Å². The van der Waals surface area contributed by atoms with E-state index in [1.54, 1.807) is 21.0 Å². The molecule has 4 aromatic rings. The molecular formula is C33H39N3O3S. The number of aryl methyl sites for hydroxylation is 2. The number of aromatic nitrogens is 3. The van der Waals surface area contributed by atoms with Gasteiger partial charge in [-0.2, -0.15) is 5.10 Å². The number of nitrogens with zero attached hydrogens (tertiary/aromatic N) is 3. The van der Waals surface area contributed by atoms with Crippen molar-refractivity contribution in [2.75, 3.05) is 6.26 Å². The zero-order valence-electron chi connectivity index (χ0n) is 24.1. The van der Waals surface area contributed by atoms with Gasteiger partial charge in [0.25, 0.3) is 0 Å². The lowest BCUT2D eigenvalue weighted by Gasteiger charge is -2.19. The van der Waals surface area contributed by atoms with Gasteiger partial charge in [0, 0.05) is 17.9 Å². The van der Waals surface area contributed by atoms with Gasteiger partial charge in [0.05, 0.1) is 13.0 Å². The van der Waals surface area contributed by atoms with E-state index in [9.17, 15) is 14.7 Å². The van der Waals surface area contributed by atoms with Crippen molar-refractivity contribution in [3.8, 4) is 11.1 Å². The fraction of sp³-hybridized carbons (Fsp3) is 0.364. The first-order chi connectivity index (χ1) is 19.1. The molecular weight excluding hydrogens is 518 g/mol. The van der Waals surface area contributed by atoms with Crippen LogP contribution in [0.5, 0.6) is 0 Å². The molecule has 0 saturated heterocycles. The summed E-state index contributed by atoms with van der Waals surface area (Å²) in [6.07, 6.45) is 4.49. The smallest absolute Gasteiger partial charge is 0.346 e. The van der Waals surface area contributed by atoms with E-state index in [0.29, 0.717) is 13.1 Å². The van der Waals surface area contributed by atoms with E-state index in [2.05, 4.69) is 69.3 Å². The standard InChI is InChI=1S/C33H39N3O3S/c1-6-35-30(34-36(32(35)39)22-24-12-17-28(18-13-24)33(2,3)4)9-7-8-23-10-14-25(15-11-23)26-16-19-29(40-5)27(20-26)21-31(37)38/h10-20H,6-9,21-22H2,1-5H3,(H,37,38). The molecule has 6 nitrogen and oxygen atoms in total. The van der Waals surface area contributed by atoms with Crippen LogP contribution in [0.2, 0.25) is 0 Å². The van der Waals surface area contributed by atoms with Gasteiger partial charge in [-0.25, -0.2) is 9.48 Å². The molecule has 0 unspecified atom stereocenters. The van der Waals surface area contributed by atoms with Crippen LogP contribution >= 0.6 is 11.8 Å². The number of hydrogen-bond donors (Lipinski definition) is 1. The number of hydrogen-bond acceptors (Lipinski definition) is 4. The first kappa shape index (κ1) is 29.4. The molecule has 0 fully saturated rings. The van der Waals surface area contributed by atoms with Gasteiger partial charge in [-0.3, -0.25) is 9.36 Å². The maximum absolute atomic E-state index is 13.0. The first-order valence-electron chi connectivity index (χ1n) is 13.8. The van der Waals surface area contributed by atoms with Gasteiger partial charge in [-0.1, -0.05) is 75.4 Å². The molecule has 0 saturated carbocycles. The molecule has 4 rings (SSSR count). The molecule has 0 amide bonds. The number of carboxylic acid groups (broad SMARTS) is 1. The number of thioether (sulfide) groups is 1. The predicted octanol–water partition coefficient (Wildman–Crippen LogP) is 6.60. The Kier molecular flexibility index (Phi) is 9.36. The molecule has 40 heavy (non-hydrogen) atoms. The highest BCUT2D eigenvalue weighted by Gasteiger charge is 2.15. The summed E-state index contributed by atoms with van der Waals surface area (Å²) in [7, 11) is 0. The Hall–Kier alpha value is -3.58. The monoisotopic (exact) mass is 557 g/mol. The van der Waals surface area contributed by atoms with Crippen molar-refractivity contribution < 1.29 is 9.90 Å². The van der Waals surface area contributed by atoms with E-state index in [0.717, 1.165) is 52.2 Å². The molecule has 0 spiro atoms. The Balaban J connectivity index is 1.40. The maximum atomic E-state index is 13.0. The minimum absolute atomic E-state index is 0.0180. The van der Waals surface area contributed by atoms with Gasteiger partial charge in [-0.05, 0) is 76.9 Å². The lowest BCUT2D eigenvalue weighted by atomic mass is 9.87. The molecule has 0 aliphatic heterocycles. The Labute approximate surface area is 241 Å². The Morgan fingerprint density at radius 2 is 1.57 bits per heavy atom. The highest BCUT2D eigenvalue weighted by Crippen LogP contribution is 2.28. The van der Waals surface area contributed by atoms with Gasteiger partial charge in [-0.15, -0.1) is 11.8 Å². The number of carbonyl (C=O) groups is 1. The van der Waals surface area contributed by atoms with Crippen LogP contribution in [0.4, 0.5) is 0 Å². The van der Waals surface area contributed by atoms with Crippen LogP contribution in [-0.4, -0.2) is 31.7 Å². The largest absolute Gasteiger partial charge is 0.481 e. The molecule has 1 heterocycles. The van der Waals surface area contributed by atoms with E-state index in [4.69, 9.17) is 5.10 Å². The summed E-state index contributed by atoms with van der Waals surface area (Å²) in [5.41, 5.74) is 6.52. The van der Waals surface area contributed by atoms with Crippen LogP contribution in [0.15, 0.2) is 76.4 Å². The van der Waals surface area contributed by atoms with Crippen molar-refractivity contribution in [2.45, 2.75) is 76.8 Å². The summed E-state index contributed by atoms with van der Waals surface area (Å²) >= 11 is 1.57. The second-order valence-electron chi connectivity index (χ2n) is 11.2. The molecule has 0 radical (unpaired) electrons. The topological polar surface area (TPSA) is 77.1 Å². The molecule has 1 N–H and O–H groups in total. The molecule has 3 aromatic carbocycles. The quantitative estimate of drug-likeness (QED) is 0.210. The number of benzene rings is 3. The van der Waals surface area contributed by atoms with Gasteiger partial charge >= 0.3 is 11.7 Å². The molecule has 0 aliphatic rings. The lowest BCUT2D eigenvalue weighted by molar-refractivity contribution is -0.136. The van der Waals surface area contributed by atoms with Crippen LogP contribution in [0, 0.1) is 0 Å². The van der Waals surface area contributed by atoms with Crippen molar-refractivity contribution in [2.24, 2.45) is 0 Å². The van der Waals surface area contributed by atoms with Gasteiger partial charge in [0.2, 0.25) is 0 Å². The van der Waals surface area contributed by atoms with Crippen LogP contribution in [0.3, 0.4) is 0 Å². The van der Waals surface area contributed by atoms with E-state index < -0.39 is 5.97 Å². The third-order valence-corrected chi connectivity index (χ3v) is 8.08. The third kappa shape index (κ3) is 7.13. The zero-order chi connectivity index (χ0) is 28.9. The Morgan fingerprint density at radius 1 is 0.925 bits per heavy atom. The highest BCUT2D eigenvalue weighted by atomic mass is 32.2. The Morgan fingerprint density at radius 3 is 2.17 bits per heavy atom. The van der Waals surface area contributed by atoms with Gasteiger partial charge < -0.3 is 5.11 Å². The number of aliphatic carboxylic acids is 1. The number of carboxylic acids is 1. The first-order valence-corrected chi connectivity index (χ1v) is 15.1. The number of rotatable bonds is 11. The molecule has 7 heteroatoms. The second kappa shape index (κ2) is 12.7. The average molecular weight is 558 g/mol. The SMILES string of the molecule is CCn1c(CCCc2ccc(-c3ccc(SC)c(CC(=O)O)c3)cc2)nn(Cc2ccc(C(C)(C)C)cc2)c1=O. The average Bonchev–Trinajstić information content (AvgIpc) is 3.22. The summed E-state index contributed by atoms with van der Waals surface area (Å²) in [6.45, 7) is 9.64.